The third-order valence-corrected chi connectivity index (χ3v) is 4.76. The number of carbonyl (C=O) groups excluding carboxylic acids is 1. The number of hydrogen-bond acceptors (Lipinski definition) is 2. The van der Waals surface area contributed by atoms with Crippen molar-refractivity contribution in [3.05, 3.63) is 29.8 Å². The van der Waals surface area contributed by atoms with Crippen LogP contribution in [0.4, 0.5) is 0 Å². The Balaban J connectivity index is 2.90. The minimum absolute atomic E-state index is 0.123. The number of halogens is 2. The summed E-state index contributed by atoms with van der Waals surface area (Å²) in [5, 5.41) is 0.634. The van der Waals surface area contributed by atoms with E-state index >= 15 is 0 Å². The number of thioether (sulfide) groups is 1. The highest BCUT2D eigenvalue weighted by atomic mass is 79.9. The second kappa shape index (κ2) is 5.93. The molecule has 76 valence electrons. The fourth-order valence-electron chi connectivity index (χ4n) is 1.03. The maximum Gasteiger partial charge on any atom is 0.177 e. The molecule has 0 heterocycles. The molecule has 1 aromatic rings. The second-order valence-corrected chi connectivity index (χ2v) is 5.35. The van der Waals surface area contributed by atoms with Crippen molar-refractivity contribution in [2.45, 2.75) is 9.72 Å². The molecule has 0 N–H and O–H groups in total. The van der Waals surface area contributed by atoms with Crippen LogP contribution in [0.5, 0.6) is 0 Å². The fourth-order valence-corrected chi connectivity index (χ4v) is 2.05. The normalized spacial score (nSPS) is 12.5. The lowest BCUT2D eigenvalue weighted by molar-refractivity contribution is 0.0997. The van der Waals surface area contributed by atoms with Crippen molar-refractivity contribution in [3.63, 3.8) is 0 Å². The van der Waals surface area contributed by atoms with Gasteiger partial charge in [-0.05, 0) is 18.4 Å². The Bertz CT molecular complexity index is 328. The van der Waals surface area contributed by atoms with Crippen LogP contribution < -0.4 is 0 Å². The van der Waals surface area contributed by atoms with Gasteiger partial charge in [0.05, 0.1) is 4.83 Å². The minimum Gasteiger partial charge on any atom is -0.293 e. The van der Waals surface area contributed by atoms with E-state index in [0.717, 1.165) is 10.5 Å². The molecule has 0 saturated heterocycles. The van der Waals surface area contributed by atoms with Crippen LogP contribution in [0.3, 0.4) is 0 Å². The fraction of sp³-hybridized carbons (Fsp3) is 0.300. The number of ketones is 1. The molecule has 4 heteroatoms. The third-order valence-electron chi connectivity index (χ3n) is 1.77. The van der Waals surface area contributed by atoms with Gasteiger partial charge >= 0.3 is 0 Å². The van der Waals surface area contributed by atoms with Gasteiger partial charge in [0.1, 0.15) is 0 Å². The van der Waals surface area contributed by atoms with Gasteiger partial charge in [0.15, 0.2) is 5.78 Å². The first kappa shape index (κ1) is 12.3. The van der Waals surface area contributed by atoms with Crippen molar-refractivity contribution in [1.29, 1.82) is 0 Å². The highest BCUT2D eigenvalue weighted by Crippen LogP contribution is 2.19. The van der Waals surface area contributed by atoms with Crippen molar-refractivity contribution in [2.75, 3.05) is 11.6 Å². The predicted molar refractivity (Wildman–Crippen MR) is 69.1 cm³/mol. The maximum atomic E-state index is 11.8. The van der Waals surface area contributed by atoms with Gasteiger partial charge in [-0.3, -0.25) is 4.79 Å². The van der Waals surface area contributed by atoms with E-state index in [1.54, 1.807) is 11.8 Å². The molecule has 0 fully saturated rings. The molecule has 0 bridgehead atoms. The van der Waals surface area contributed by atoms with Gasteiger partial charge in [0.25, 0.3) is 0 Å². The Hall–Kier alpha value is 0.200. The van der Waals surface area contributed by atoms with Crippen LogP contribution in [-0.2, 0) is 0 Å². The summed E-state index contributed by atoms with van der Waals surface area (Å²) in [5.74, 6) is 0.123. The zero-order chi connectivity index (χ0) is 10.6. The SMILES string of the molecule is CSc1cccc(C(=O)C(Br)CBr)c1. The average Bonchev–Trinajstić information content (AvgIpc) is 2.27. The van der Waals surface area contributed by atoms with Crippen LogP contribution >= 0.6 is 43.6 Å². The Labute approximate surface area is 105 Å². The van der Waals surface area contributed by atoms with Crippen LogP contribution in [0, 0.1) is 0 Å². The molecule has 1 nitrogen and oxygen atoms in total. The van der Waals surface area contributed by atoms with E-state index in [2.05, 4.69) is 31.9 Å². The summed E-state index contributed by atoms with van der Waals surface area (Å²) in [4.78, 5) is 12.7. The van der Waals surface area contributed by atoms with E-state index in [0.29, 0.717) is 5.33 Å². The number of rotatable bonds is 4. The van der Waals surface area contributed by atoms with Crippen LogP contribution in [0.15, 0.2) is 29.2 Å². The summed E-state index contributed by atoms with van der Waals surface area (Å²) in [6.07, 6.45) is 2.00. The lowest BCUT2D eigenvalue weighted by Crippen LogP contribution is -2.15. The molecule has 0 aliphatic carbocycles. The highest BCUT2D eigenvalue weighted by Gasteiger charge is 2.15. The number of Topliss-reactive ketones (excluding diaryl/α,β-unsaturated/α-hetero) is 1. The summed E-state index contributed by atoms with van der Waals surface area (Å²) in [7, 11) is 0. The largest absolute Gasteiger partial charge is 0.293 e. The standard InChI is InChI=1S/C10H10Br2OS/c1-14-8-4-2-3-7(5-8)10(13)9(12)6-11/h2-5,9H,6H2,1H3. The summed E-state index contributed by atoms with van der Waals surface area (Å²) in [6.45, 7) is 0. The van der Waals surface area contributed by atoms with Crippen LogP contribution in [0.1, 0.15) is 10.4 Å². The number of benzene rings is 1. The Kier molecular flexibility index (Phi) is 5.20. The zero-order valence-electron chi connectivity index (χ0n) is 7.67. The molecule has 0 aromatic heterocycles. The molecule has 14 heavy (non-hydrogen) atoms. The quantitative estimate of drug-likeness (QED) is 0.473. The van der Waals surface area contributed by atoms with Gasteiger partial charge in [-0.1, -0.05) is 44.0 Å². The molecule has 1 unspecified atom stereocenters. The maximum absolute atomic E-state index is 11.8. The van der Waals surface area contributed by atoms with E-state index in [9.17, 15) is 4.79 Å². The molecule has 0 radical (unpaired) electrons. The molecule has 0 aliphatic rings. The van der Waals surface area contributed by atoms with Gasteiger partial charge in [-0.25, -0.2) is 0 Å². The summed E-state index contributed by atoms with van der Waals surface area (Å²) in [6, 6.07) is 7.68. The van der Waals surface area contributed by atoms with Crippen LogP contribution in [0.2, 0.25) is 0 Å². The monoisotopic (exact) mass is 336 g/mol. The average molecular weight is 338 g/mol. The van der Waals surface area contributed by atoms with E-state index in [4.69, 9.17) is 0 Å². The van der Waals surface area contributed by atoms with Crippen molar-refractivity contribution in [1.82, 2.24) is 0 Å². The number of alkyl halides is 2. The van der Waals surface area contributed by atoms with Crippen LogP contribution in [0.25, 0.3) is 0 Å². The Morgan fingerprint density at radius 1 is 1.57 bits per heavy atom. The van der Waals surface area contributed by atoms with Gasteiger partial charge in [0, 0.05) is 15.8 Å². The van der Waals surface area contributed by atoms with E-state index in [-0.39, 0.29) is 10.6 Å². The Morgan fingerprint density at radius 3 is 2.86 bits per heavy atom. The topological polar surface area (TPSA) is 17.1 Å². The summed E-state index contributed by atoms with van der Waals surface area (Å²) in [5.41, 5.74) is 0.762. The van der Waals surface area contributed by atoms with Crippen molar-refractivity contribution >= 4 is 49.4 Å². The molecule has 1 rings (SSSR count). The smallest absolute Gasteiger partial charge is 0.177 e. The van der Waals surface area contributed by atoms with Gasteiger partial charge < -0.3 is 0 Å². The lowest BCUT2D eigenvalue weighted by Gasteiger charge is -2.05. The Morgan fingerprint density at radius 2 is 2.29 bits per heavy atom. The number of hydrogen-bond donors (Lipinski definition) is 0. The zero-order valence-corrected chi connectivity index (χ0v) is 11.7. The van der Waals surface area contributed by atoms with Gasteiger partial charge in [0.2, 0.25) is 0 Å². The highest BCUT2D eigenvalue weighted by molar-refractivity contribution is 9.12. The van der Waals surface area contributed by atoms with Gasteiger partial charge in [-0.2, -0.15) is 0 Å². The molecule has 0 amide bonds. The van der Waals surface area contributed by atoms with Crippen molar-refractivity contribution in [2.24, 2.45) is 0 Å². The molecule has 1 atom stereocenters. The van der Waals surface area contributed by atoms with Crippen LogP contribution in [-0.4, -0.2) is 22.2 Å². The van der Waals surface area contributed by atoms with Gasteiger partial charge in [-0.15, -0.1) is 11.8 Å². The second-order valence-electron chi connectivity index (χ2n) is 2.72. The van der Waals surface area contributed by atoms with Crippen molar-refractivity contribution in [3.8, 4) is 0 Å². The molecular weight excluding hydrogens is 328 g/mol. The molecule has 1 aromatic carbocycles. The first-order chi connectivity index (χ1) is 6.69. The molecule has 0 saturated carbocycles. The summed E-state index contributed by atoms with van der Waals surface area (Å²) >= 11 is 8.24. The number of carbonyl (C=O) groups is 1. The summed E-state index contributed by atoms with van der Waals surface area (Å²) < 4.78 is 0. The van der Waals surface area contributed by atoms with E-state index in [1.165, 1.54) is 0 Å². The minimum atomic E-state index is -0.139. The molecule has 0 aliphatic heterocycles. The first-order valence-electron chi connectivity index (χ1n) is 4.07. The molecular formula is C10H10Br2OS. The lowest BCUT2D eigenvalue weighted by atomic mass is 10.1. The predicted octanol–water partition coefficient (Wildman–Crippen LogP) is 3.75. The third kappa shape index (κ3) is 3.11. The molecule has 0 spiro atoms. The van der Waals surface area contributed by atoms with E-state index < -0.39 is 0 Å². The van der Waals surface area contributed by atoms with Crippen molar-refractivity contribution < 1.29 is 4.79 Å². The first-order valence-corrected chi connectivity index (χ1v) is 7.33. The van der Waals surface area contributed by atoms with E-state index in [1.807, 2.05) is 30.5 Å².